The summed E-state index contributed by atoms with van der Waals surface area (Å²) in [6.07, 6.45) is 1.79. The second-order valence-electron chi connectivity index (χ2n) is 5.60. The van der Waals surface area contributed by atoms with Crippen molar-refractivity contribution in [2.45, 2.75) is 0 Å². The van der Waals surface area contributed by atoms with Gasteiger partial charge in [0.15, 0.2) is 4.32 Å². The molecule has 2 aromatic carbocycles. The Morgan fingerprint density at radius 3 is 2.64 bits per heavy atom. The Kier molecular flexibility index (Phi) is 5.27. The third-order valence-electron chi connectivity index (χ3n) is 3.61. The first-order valence-electron chi connectivity index (χ1n) is 7.37. The van der Waals surface area contributed by atoms with Crippen molar-refractivity contribution >= 4 is 67.6 Å². The molecule has 0 radical (unpaired) electrons. The van der Waals surface area contributed by atoms with Crippen LogP contribution in [0.4, 0.5) is 15.8 Å². The second kappa shape index (κ2) is 7.27. The predicted molar refractivity (Wildman–Crippen MR) is 111 cm³/mol. The van der Waals surface area contributed by atoms with Crippen molar-refractivity contribution in [1.82, 2.24) is 0 Å². The van der Waals surface area contributed by atoms with Crippen LogP contribution in [0.15, 0.2) is 51.8 Å². The molecule has 1 aliphatic rings. The summed E-state index contributed by atoms with van der Waals surface area (Å²) in [6.45, 7) is 0. The van der Waals surface area contributed by atoms with Crippen molar-refractivity contribution in [3.8, 4) is 0 Å². The van der Waals surface area contributed by atoms with Crippen molar-refractivity contribution in [2.75, 3.05) is 23.9 Å². The highest BCUT2D eigenvalue weighted by atomic mass is 79.9. The van der Waals surface area contributed by atoms with Crippen LogP contribution in [0.25, 0.3) is 6.08 Å². The lowest BCUT2D eigenvalue weighted by atomic mass is 10.2. The van der Waals surface area contributed by atoms with E-state index in [0.717, 1.165) is 15.7 Å². The normalized spacial score (nSPS) is 16.0. The highest BCUT2D eigenvalue weighted by Gasteiger charge is 2.33. The van der Waals surface area contributed by atoms with E-state index in [9.17, 15) is 9.18 Å². The average molecular weight is 437 g/mol. The summed E-state index contributed by atoms with van der Waals surface area (Å²) < 4.78 is 14.8. The summed E-state index contributed by atoms with van der Waals surface area (Å²) in [6, 6.07) is 11.7. The molecule has 0 spiro atoms. The van der Waals surface area contributed by atoms with Gasteiger partial charge in [-0.25, -0.2) is 4.39 Å². The number of thioether (sulfide) groups is 1. The van der Waals surface area contributed by atoms with Crippen LogP contribution in [0.1, 0.15) is 5.56 Å². The number of anilines is 2. The number of nitrogens with zero attached hydrogens (tertiary/aromatic N) is 2. The summed E-state index contributed by atoms with van der Waals surface area (Å²) in [5.74, 6) is -0.646. The van der Waals surface area contributed by atoms with Gasteiger partial charge in [0.1, 0.15) is 5.82 Å². The molecule has 0 saturated carbocycles. The van der Waals surface area contributed by atoms with Gasteiger partial charge in [-0.3, -0.25) is 9.69 Å². The number of halogens is 2. The van der Waals surface area contributed by atoms with Crippen molar-refractivity contribution in [1.29, 1.82) is 0 Å². The van der Waals surface area contributed by atoms with Crippen LogP contribution in [-0.4, -0.2) is 24.3 Å². The van der Waals surface area contributed by atoms with Crippen LogP contribution >= 0.6 is 39.9 Å². The molecule has 1 saturated heterocycles. The number of hydrogen-bond donors (Lipinski definition) is 0. The zero-order valence-electron chi connectivity index (χ0n) is 13.5. The molecule has 128 valence electrons. The summed E-state index contributed by atoms with van der Waals surface area (Å²) in [4.78, 5) is 16.6. The zero-order chi connectivity index (χ0) is 18.1. The lowest BCUT2D eigenvalue weighted by Crippen LogP contribution is -2.27. The molecule has 25 heavy (non-hydrogen) atoms. The average Bonchev–Trinajstić information content (AvgIpc) is 2.81. The van der Waals surface area contributed by atoms with Gasteiger partial charge < -0.3 is 4.90 Å². The lowest BCUT2D eigenvalue weighted by molar-refractivity contribution is -0.113. The number of thiocarbonyl (C=S) groups is 1. The largest absolute Gasteiger partial charge is 0.377 e. The summed E-state index contributed by atoms with van der Waals surface area (Å²) in [7, 11) is 3.92. The van der Waals surface area contributed by atoms with Gasteiger partial charge in [-0.2, -0.15) is 0 Å². The van der Waals surface area contributed by atoms with Gasteiger partial charge >= 0.3 is 0 Å². The molecule has 1 heterocycles. The number of hydrogen-bond acceptors (Lipinski definition) is 4. The Labute approximate surface area is 163 Å². The molecular weight excluding hydrogens is 423 g/mol. The number of benzene rings is 2. The van der Waals surface area contributed by atoms with Crippen molar-refractivity contribution < 1.29 is 9.18 Å². The van der Waals surface area contributed by atoms with Gasteiger partial charge in [-0.05, 0) is 57.9 Å². The molecule has 3 rings (SSSR count). The molecule has 1 fully saturated rings. The minimum absolute atomic E-state index is 0.242. The molecule has 1 aliphatic heterocycles. The standard InChI is InChI=1S/C18H14BrFN2OS2/c1-21(2)15-7-6-11(8-14(15)19)9-16-17(23)22(18(24)25-16)13-5-3-4-12(20)10-13/h3-10H,1-2H3/b16-9-. The molecule has 0 unspecified atom stereocenters. The molecule has 0 aromatic heterocycles. The van der Waals surface area contributed by atoms with Crippen LogP contribution in [0, 0.1) is 5.82 Å². The van der Waals surface area contributed by atoms with Gasteiger partial charge in [0, 0.05) is 18.6 Å². The lowest BCUT2D eigenvalue weighted by Gasteiger charge is -2.15. The van der Waals surface area contributed by atoms with Gasteiger partial charge in [-0.15, -0.1) is 0 Å². The Bertz CT molecular complexity index is 898. The number of rotatable bonds is 3. The van der Waals surface area contributed by atoms with E-state index in [1.165, 1.54) is 28.8 Å². The van der Waals surface area contributed by atoms with E-state index >= 15 is 0 Å². The fourth-order valence-electron chi connectivity index (χ4n) is 2.43. The quantitative estimate of drug-likeness (QED) is 0.495. The maximum Gasteiger partial charge on any atom is 0.270 e. The zero-order valence-corrected chi connectivity index (χ0v) is 16.7. The predicted octanol–water partition coefficient (Wildman–Crippen LogP) is 5.06. The van der Waals surface area contributed by atoms with Crippen LogP contribution in [-0.2, 0) is 4.79 Å². The molecule has 0 N–H and O–H groups in total. The van der Waals surface area contributed by atoms with Crippen molar-refractivity contribution in [2.24, 2.45) is 0 Å². The van der Waals surface area contributed by atoms with E-state index in [2.05, 4.69) is 15.9 Å². The Morgan fingerprint density at radius 1 is 1.24 bits per heavy atom. The Balaban J connectivity index is 1.92. The molecule has 2 aromatic rings. The topological polar surface area (TPSA) is 23.6 Å². The van der Waals surface area contributed by atoms with Gasteiger partial charge in [0.05, 0.1) is 16.3 Å². The fraction of sp³-hybridized carbons (Fsp3) is 0.111. The third kappa shape index (κ3) is 3.78. The highest BCUT2D eigenvalue weighted by molar-refractivity contribution is 9.10. The fourth-order valence-corrected chi connectivity index (χ4v) is 4.48. The first kappa shape index (κ1) is 18.1. The van der Waals surface area contributed by atoms with E-state index in [1.54, 1.807) is 18.2 Å². The molecular formula is C18H14BrFN2OS2. The minimum Gasteiger partial charge on any atom is -0.377 e. The van der Waals surface area contributed by atoms with Crippen LogP contribution in [0.2, 0.25) is 0 Å². The molecule has 0 atom stereocenters. The van der Waals surface area contributed by atoms with Crippen LogP contribution in [0.3, 0.4) is 0 Å². The second-order valence-corrected chi connectivity index (χ2v) is 8.13. The van der Waals surface area contributed by atoms with Crippen LogP contribution < -0.4 is 9.80 Å². The number of carbonyl (C=O) groups is 1. The molecule has 0 aliphatic carbocycles. The summed E-state index contributed by atoms with van der Waals surface area (Å²) in [5, 5.41) is 0. The monoisotopic (exact) mass is 436 g/mol. The first-order chi connectivity index (χ1) is 11.9. The SMILES string of the molecule is CN(C)c1ccc(/C=C2\SC(=S)N(c3cccc(F)c3)C2=O)cc1Br. The maximum absolute atomic E-state index is 13.5. The Hall–Kier alpha value is -1.70. The molecule has 0 bridgehead atoms. The van der Waals surface area contributed by atoms with E-state index in [4.69, 9.17) is 12.2 Å². The third-order valence-corrected chi connectivity index (χ3v) is 5.55. The number of carbonyl (C=O) groups excluding carboxylic acids is 1. The van der Waals surface area contributed by atoms with E-state index < -0.39 is 5.82 Å². The smallest absolute Gasteiger partial charge is 0.270 e. The minimum atomic E-state index is -0.404. The van der Waals surface area contributed by atoms with Gasteiger partial charge in [0.25, 0.3) is 5.91 Å². The van der Waals surface area contributed by atoms with E-state index in [-0.39, 0.29) is 5.91 Å². The van der Waals surface area contributed by atoms with E-state index in [0.29, 0.717) is 14.9 Å². The molecule has 3 nitrogen and oxygen atoms in total. The number of amides is 1. The summed E-state index contributed by atoms with van der Waals surface area (Å²) in [5.41, 5.74) is 2.37. The van der Waals surface area contributed by atoms with Gasteiger partial charge in [-0.1, -0.05) is 36.1 Å². The van der Waals surface area contributed by atoms with Crippen molar-refractivity contribution in [3.05, 3.63) is 63.2 Å². The highest BCUT2D eigenvalue weighted by Crippen LogP contribution is 2.37. The molecule has 1 amide bonds. The first-order valence-corrected chi connectivity index (χ1v) is 9.39. The Morgan fingerprint density at radius 2 is 2.00 bits per heavy atom. The maximum atomic E-state index is 13.5. The van der Waals surface area contributed by atoms with Crippen LogP contribution in [0.5, 0.6) is 0 Å². The van der Waals surface area contributed by atoms with E-state index in [1.807, 2.05) is 37.2 Å². The van der Waals surface area contributed by atoms with Crippen molar-refractivity contribution in [3.63, 3.8) is 0 Å². The molecule has 7 heteroatoms. The van der Waals surface area contributed by atoms with Gasteiger partial charge in [0.2, 0.25) is 0 Å². The summed E-state index contributed by atoms with van der Waals surface area (Å²) >= 11 is 10.1.